The number of aliphatic hydroxyl groups is 1. The van der Waals surface area contributed by atoms with Crippen molar-refractivity contribution in [3.8, 4) is 6.07 Å². The Labute approximate surface area is 118 Å². The zero-order valence-corrected chi connectivity index (χ0v) is 11.2. The Bertz CT molecular complexity index is 507. The van der Waals surface area contributed by atoms with Gasteiger partial charge >= 0.3 is 5.97 Å². The third-order valence-electron chi connectivity index (χ3n) is 3.71. The quantitative estimate of drug-likeness (QED) is 0.866. The van der Waals surface area contributed by atoms with E-state index in [2.05, 4.69) is 0 Å². The predicted octanol–water partition coefficient (Wildman–Crippen LogP) is 1.39. The third-order valence-corrected chi connectivity index (χ3v) is 3.71. The van der Waals surface area contributed by atoms with Crippen LogP contribution in [-0.2, 0) is 4.79 Å². The van der Waals surface area contributed by atoms with Gasteiger partial charge in [0.25, 0.3) is 0 Å². The molecular formula is C15H18N2O3. The van der Waals surface area contributed by atoms with Crippen LogP contribution in [0.4, 0.5) is 0 Å². The average Bonchev–Trinajstić information content (AvgIpc) is 2.47. The number of nitriles is 1. The van der Waals surface area contributed by atoms with Gasteiger partial charge in [0.15, 0.2) is 0 Å². The maximum absolute atomic E-state index is 11.0. The van der Waals surface area contributed by atoms with Crippen molar-refractivity contribution in [3.63, 3.8) is 0 Å². The molecule has 2 atom stereocenters. The van der Waals surface area contributed by atoms with Crippen molar-refractivity contribution < 1.29 is 15.0 Å². The molecule has 0 radical (unpaired) electrons. The van der Waals surface area contributed by atoms with E-state index >= 15 is 0 Å². The lowest BCUT2D eigenvalue weighted by Crippen LogP contribution is -2.40. The van der Waals surface area contributed by atoms with Gasteiger partial charge in [-0.3, -0.25) is 9.69 Å². The minimum atomic E-state index is -0.762. The van der Waals surface area contributed by atoms with Crippen LogP contribution in [0.25, 0.3) is 0 Å². The molecule has 2 rings (SSSR count). The van der Waals surface area contributed by atoms with Crippen LogP contribution in [0, 0.1) is 17.2 Å². The first kappa shape index (κ1) is 14.5. The number of carboxylic acid groups (broad SMARTS) is 1. The smallest absolute Gasteiger partial charge is 0.307 e. The first-order valence-corrected chi connectivity index (χ1v) is 6.73. The fraction of sp³-hybridized carbons (Fsp3) is 0.467. The summed E-state index contributed by atoms with van der Waals surface area (Å²) in [6.45, 7) is 1.73. The molecule has 20 heavy (non-hydrogen) atoms. The van der Waals surface area contributed by atoms with Crippen LogP contribution in [0.1, 0.15) is 30.1 Å². The second-order valence-electron chi connectivity index (χ2n) is 5.19. The summed E-state index contributed by atoms with van der Waals surface area (Å²) in [4.78, 5) is 13.0. The number of hydrogen-bond donors (Lipinski definition) is 2. The van der Waals surface area contributed by atoms with Gasteiger partial charge in [0, 0.05) is 13.1 Å². The molecule has 0 aromatic heterocycles. The zero-order valence-electron chi connectivity index (χ0n) is 11.2. The normalized spacial score (nSPS) is 21.1. The molecule has 1 saturated heterocycles. The minimum absolute atomic E-state index is 0.336. The highest BCUT2D eigenvalue weighted by molar-refractivity contribution is 5.70. The second-order valence-corrected chi connectivity index (χ2v) is 5.19. The molecule has 0 amide bonds. The van der Waals surface area contributed by atoms with Gasteiger partial charge in [0.2, 0.25) is 0 Å². The molecule has 2 N–H and O–H groups in total. The molecular weight excluding hydrogens is 256 g/mol. The van der Waals surface area contributed by atoms with Gasteiger partial charge in [-0.2, -0.15) is 5.26 Å². The molecule has 1 heterocycles. The van der Waals surface area contributed by atoms with E-state index in [4.69, 9.17) is 10.4 Å². The average molecular weight is 274 g/mol. The van der Waals surface area contributed by atoms with Crippen LogP contribution in [0.5, 0.6) is 0 Å². The number of hydrogen-bond acceptors (Lipinski definition) is 4. The number of likely N-dealkylation sites (tertiary alicyclic amines) is 1. The summed E-state index contributed by atoms with van der Waals surface area (Å²) < 4.78 is 0. The van der Waals surface area contributed by atoms with Crippen LogP contribution in [0.3, 0.4) is 0 Å². The molecule has 5 nitrogen and oxygen atoms in total. The Kier molecular flexibility index (Phi) is 4.72. The van der Waals surface area contributed by atoms with Gasteiger partial charge in [-0.15, -0.1) is 0 Å². The minimum Gasteiger partial charge on any atom is -0.481 e. The number of benzene rings is 1. The van der Waals surface area contributed by atoms with E-state index in [1.54, 1.807) is 24.3 Å². The van der Waals surface area contributed by atoms with Crippen molar-refractivity contribution in [2.75, 3.05) is 19.6 Å². The van der Waals surface area contributed by atoms with Crippen LogP contribution in [0.15, 0.2) is 24.3 Å². The molecule has 0 aliphatic carbocycles. The van der Waals surface area contributed by atoms with E-state index in [-0.39, 0.29) is 5.92 Å². The summed E-state index contributed by atoms with van der Waals surface area (Å²) in [7, 11) is 0. The number of β-amino-alcohol motifs (C(OH)–C–C–N with tert-alkyl or cyclic N) is 1. The van der Waals surface area contributed by atoms with Crippen LogP contribution < -0.4 is 0 Å². The number of piperidine rings is 1. The van der Waals surface area contributed by atoms with Crippen LogP contribution >= 0.6 is 0 Å². The van der Waals surface area contributed by atoms with Gasteiger partial charge in [-0.1, -0.05) is 12.1 Å². The first-order valence-electron chi connectivity index (χ1n) is 6.73. The summed E-state index contributed by atoms with van der Waals surface area (Å²) in [6.07, 6.45) is 0.894. The Hall–Kier alpha value is -1.90. The molecule has 0 unspecified atom stereocenters. The number of aliphatic hydroxyl groups excluding tert-OH is 1. The maximum Gasteiger partial charge on any atom is 0.307 e. The molecule has 0 bridgehead atoms. The van der Waals surface area contributed by atoms with Crippen molar-refractivity contribution in [3.05, 3.63) is 35.4 Å². The Balaban J connectivity index is 1.94. The van der Waals surface area contributed by atoms with E-state index in [9.17, 15) is 9.90 Å². The SMILES string of the molecule is N#Cc1ccc([C@H](O)CN2CCC[C@H](C(=O)O)C2)cc1. The van der Waals surface area contributed by atoms with Crippen molar-refractivity contribution >= 4 is 5.97 Å². The second kappa shape index (κ2) is 6.51. The molecule has 1 fully saturated rings. The van der Waals surface area contributed by atoms with E-state index in [0.717, 1.165) is 18.5 Å². The van der Waals surface area contributed by atoms with Gasteiger partial charge in [-0.25, -0.2) is 0 Å². The summed E-state index contributed by atoms with van der Waals surface area (Å²) in [6, 6.07) is 8.86. The summed E-state index contributed by atoms with van der Waals surface area (Å²) >= 11 is 0. The highest BCUT2D eigenvalue weighted by Gasteiger charge is 2.26. The molecule has 0 saturated carbocycles. The van der Waals surface area contributed by atoms with Gasteiger partial charge < -0.3 is 10.2 Å². The molecule has 1 aliphatic rings. The van der Waals surface area contributed by atoms with Crippen LogP contribution in [-0.4, -0.2) is 40.7 Å². The van der Waals surface area contributed by atoms with E-state index in [0.29, 0.717) is 25.1 Å². The molecule has 1 aliphatic heterocycles. The highest BCUT2D eigenvalue weighted by Crippen LogP contribution is 2.21. The van der Waals surface area contributed by atoms with Crippen molar-refractivity contribution in [2.24, 2.45) is 5.92 Å². The molecule has 1 aromatic rings. The van der Waals surface area contributed by atoms with E-state index in [1.165, 1.54) is 0 Å². The highest BCUT2D eigenvalue weighted by atomic mass is 16.4. The fourth-order valence-electron chi connectivity index (χ4n) is 2.55. The van der Waals surface area contributed by atoms with Crippen molar-refractivity contribution in [2.45, 2.75) is 18.9 Å². The van der Waals surface area contributed by atoms with Gasteiger partial charge in [-0.05, 0) is 37.1 Å². The topological polar surface area (TPSA) is 84.6 Å². The lowest BCUT2D eigenvalue weighted by atomic mass is 9.97. The maximum atomic E-state index is 11.0. The Morgan fingerprint density at radius 1 is 1.45 bits per heavy atom. The molecule has 1 aromatic carbocycles. The number of carbonyl (C=O) groups is 1. The largest absolute Gasteiger partial charge is 0.481 e. The van der Waals surface area contributed by atoms with Crippen LogP contribution in [0.2, 0.25) is 0 Å². The number of carboxylic acids is 1. The summed E-state index contributed by atoms with van der Waals surface area (Å²) in [5.74, 6) is -1.10. The number of nitrogens with zero attached hydrogens (tertiary/aromatic N) is 2. The molecule has 5 heteroatoms. The predicted molar refractivity (Wildman–Crippen MR) is 72.9 cm³/mol. The molecule has 0 spiro atoms. The third kappa shape index (κ3) is 3.56. The lowest BCUT2D eigenvalue weighted by molar-refractivity contribution is -0.143. The summed E-state index contributed by atoms with van der Waals surface area (Å²) in [5, 5.41) is 28.0. The monoisotopic (exact) mass is 274 g/mol. The molecule has 106 valence electrons. The number of rotatable bonds is 4. The van der Waals surface area contributed by atoms with Crippen molar-refractivity contribution in [1.82, 2.24) is 4.90 Å². The lowest BCUT2D eigenvalue weighted by Gasteiger charge is -2.32. The first-order chi connectivity index (χ1) is 9.60. The van der Waals surface area contributed by atoms with E-state index < -0.39 is 12.1 Å². The number of aliphatic carboxylic acids is 1. The standard InChI is InChI=1S/C15H18N2O3/c16-8-11-3-5-12(6-4-11)14(18)10-17-7-1-2-13(9-17)15(19)20/h3-6,13-14,18H,1-2,7,9-10H2,(H,19,20)/t13-,14+/m0/s1. The Morgan fingerprint density at radius 3 is 2.75 bits per heavy atom. The summed E-state index contributed by atoms with van der Waals surface area (Å²) in [5.41, 5.74) is 1.31. The van der Waals surface area contributed by atoms with Gasteiger partial charge in [0.1, 0.15) is 0 Å². The zero-order chi connectivity index (χ0) is 14.5. The fourth-order valence-corrected chi connectivity index (χ4v) is 2.55. The van der Waals surface area contributed by atoms with E-state index in [1.807, 2.05) is 11.0 Å². The van der Waals surface area contributed by atoms with Gasteiger partial charge in [0.05, 0.1) is 23.7 Å². The Morgan fingerprint density at radius 2 is 2.15 bits per heavy atom. The van der Waals surface area contributed by atoms with Crippen molar-refractivity contribution in [1.29, 1.82) is 5.26 Å².